The molecule has 0 saturated carbocycles. The highest BCUT2D eigenvalue weighted by molar-refractivity contribution is 6.17. The highest BCUT2D eigenvalue weighted by atomic mass is 35.5. The molecule has 0 fully saturated rings. The Morgan fingerprint density at radius 3 is 2.62 bits per heavy atom. The van der Waals surface area contributed by atoms with E-state index < -0.39 is 0 Å². The van der Waals surface area contributed by atoms with E-state index >= 15 is 0 Å². The Labute approximate surface area is 95.9 Å². The minimum atomic E-state index is -0.314. The molecule has 0 amide bonds. The SMILES string of the molecule is O=c1[nH]nc(-c2ccc(F)cc2)cc1CCl. The predicted octanol–water partition coefficient (Wildman–Crippen LogP) is 2.31. The van der Waals surface area contributed by atoms with Crippen molar-refractivity contribution in [3.63, 3.8) is 0 Å². The van der Waals surface area contributed by atoms with Crippen LogP contribution >= 0.6 is 11.6 Å². The lowest BCUT2D eigenvalue weighted by atomic mass is 10.1. The van der Waals surface area contributed by atoms with E-state index in [-0.39, 0.29) is 17.3 Å². The molecule has 0 aliphatic carbocycles. The summed E-state index contributed by atoms with van der Waals surface area (Å²) >= 11 is 5.61. The third kappa shape index (κ3) is 2.12. The second-order valence-corrected chi connectivity index (χ2v) is 3.52. The van der Waals surface area contributed by atoms with Crippen molar-refractivity contribution in [2.45, 2.75) is 5.88 Å². The molecular formula is C11H8ClFN2O. The molecule has 0 atom stereocenters. The lowest BCUT2D eigenvalue weighted by molar-refractivity contribution is 0.628. The Hall–Kier alpha value is -1.68. The van der Waals surface area contributed by atoms with Crippen molar-refractivity contribution < 1.29 is 4.39 Å². The summed E-state index contributed by atoms with van der Waals surface area (Å²) in [6, 6.07) is 7.45. The smallest absolute Gasteiger partial charge is 0.268 e. The van der Waals surface area contributed by atoms with E-state index in [0.717, 1.165) is 5.56 Å². The molecule has 16 heavy (non-hydrogen) atoms. The molecular weight excluding hydrogens is 231 g/mol. The van der Waals surface area contributed by atoms with Crippen LogP contribution in [0.5, 0.6) is 0 Å². The van der Waals surface area contributed by atoms with Crippen molar-refractivity contribution in [3.8, 4) is 11.3 Å². The Kier molecular flexibility index (Phi) is 3.01. The van der Waals surface area contributed by atoms with Gasteiger partial charge in [0.25, 0.3) is 5.56 Å². The largest absolute Gasteiger partial charge is 0.268 e. The van der Waals surface area contributed by atoms with E-state index in [2.05, 4.69) is 10.2 Å². The number of H-pyrrole nitrogens is 1. The number of hydrogen-bond acceptors (Lipinski definition) is 2. The molecule has 82 valence electrons. The Bertz CT molecular complexity index is 551. The normalized spacial score (nSPS) is 10.4. The average molecular weight is 239 g/mol. The summed E-state index contributed by atoms with van der Waals surface area (Å²) in [5.41, 5.74) is 1.43. The molecule has 1 aromatic carbocycles. The molecule has 0 aliphatic heterocycles. The maximum atomic E-state index is 12.7. The number of hydrogen-bond donors (Lipinski definition) is 1. The van der Waals surface area contributed by atoms with E-state index in [1.54, 1.807) is 18.2 Å². The highest BCUT2D eigenvalue weighted by Gasteiger charge is 2.04. The van der Waals surface area contributed by atoms with E-state index in [1.807, 2.05) is 0 Å². The first-order chi connectivity index (χ1) is 7.70. The number of aromatic amines is 1. The topological polar surface area (TPSA) is 45.8 Å². The molecule has 1 aromatic heterocycles. The molecule has 0 saturated heterocycles. The van der Waals surface area contributed by atoms with Crippen molar-refractivity contribution in [2.24, 2.45) is 0 Å². The quantitative estimate of drug-likeness (QED) is 0.816. The van der Waals surface area contributed by atoms with Crippen molar-refractivity contribution >= 4 is 11.6 Å². The lowest BCUT2D eigenvalue weighted by Gasteiger charge is -2.01. The lowest BCUT2D eigenvalue weighted by Crippen LogP contribution is -2.13. The van der Waals surface area contributed by atoms with Crippen LogP contribution in [-0.2, 0) is 5.88 Å². The minimum Gasteiger partial charge on any atom is -0.268 e. The monoisotopic (exact) mass is 238 g/mol. The molecule has 0 radical (unpaired) electrons. The Balaban J connectivity index is 2.48. The number of benzene rings is 1. The van der Waals surface area contributed by atoms with Crippen molar-refractivity contribution in [1.82, 2.24) is 10.2 Å². The van der Waals surface area contributed by atoms with Crippen LogP contribution in [0.25, 0.3) is 11.3 Å². The molecule has 0 spiro atoms. The van der Waals surface area contributed by atoms with E-state index in [0.29, 0.717) is 11.3 Å². The first-order valence-corrected chi connectivity index (χ1v) is 5.14. The van der Waals surface area contributed by atoms with Gasteiger partial charge in [-0.05, 0) is 30.3 Å². The summed E-state index contributed by atoms with van der Waals surface area (Å²) in [7, 11) is 0. The van der Waals surface area contributed by atoms with E-state index in [9.17, 15) is 9.18 Å². The second-order valence-electron chi connectivity index (χ2n) is 3.25. The maximum Gasteiger partial charge on any atom is 0.268 e. The van der Waals surface area contributed by atoms with Gasteiger partial charge in [0, 0.05) is 11.1 Å². The molecule has 1 heterocycles. The van der Waals surface area contributed by atoms with Crippen molar-refractivity contribution in [1.29, 1.82) is 0 Å². The average Bonchev–Trinajstić information content (AvgIpc) is 2.31. The summed E-state index contributed by atoms with van der Waals surface area (Å²) in [6.45, 7) is 0. The molecule has 2 aromatic rings. The number of alkyl halides is 1. The molecule has 0 unspecified atom stereocenters. The van der Waals surface area contributed by atoms with Gasteiger partial charge in [-0.2, -0.15) is 5.10 Å². The zero-order chi connectivity index (χ0) is 11.5. The standard InChI is InChI=1S/C11H8ClFN2O/c12-6-8-5-10(14-15-11(8)16)7-1-3-9(13)4-2-7/h1-5H,6H2,(H,15,16). The van der Waals surface area contributed by atoms with E-state index in [4.69, 9.17) is 11.6 Å². The number of nitrogens with zero attached hydrogens (tertiary/aromatic N) is 1. The molecule has 0 bridgehead atoms. The zero-order valence-electron chi connectivity index (χ0n) is 8.21. The van der Waals surface area contributed by atoms with E-state index in [1.165, 1.54) is 12.1 Å². The van der Waals surface area contributed by atoms with Crippen molar-refractivity contribution in [2.75, 3.05) is 0 Å². The van der Waals surface area contributed by atoms with Crippen LogP contribution in [-0.4, -0.2) is 10.2 Å². The van der Waals surface area contributed by atoms with Gasteiger partial charge in [0.1, 0.15) is 5.82 Å². The van der Waals surface area contributed by atoms with Crippen LogP contribution in [0.4, 0.5) is 4.39 Å². The number of halogens is 2. The third-order valence-corrected chi connectivity index (χ3v) is 2.45. The maximum absolute atomic E-state index is 12.7. The van der Waals surface area contributed by atoms with Crippen LogP contribution in [0.3, 0.4) is 0 Å². The molecule has 1 N–H and O–H groups in total. The van der Waals surface area contributed by atoms with Gasteiger partial charge in [-0.15, -0.1) is 11.6 Å². The number of aromatic nitrogens is 2. The molecule has 3 nitrogen and oxygen atoms in total. The summed E-state index contributed by atoms with van der Waals surface area (Å²) in [5, 5.41) is 6.22. The molecule has 0 aliphatic rings. The summed E-state index contributed by atoms with van der Waals surface area (Å²) in [5.74, 6) is -0.197. The van der Waals surface area contributed by atoms with Gasteiger partial charge in [0.2, 0.25) is 0 Å². The van der Waals surface area contributed by atoms with Gasteiger partial charge in [-0.1, -0.05) is 0 Å². The van der Waals surface area contributed by atoms with Gasteiger partial charge in [0.15, 0.2) is 0 Å². The second kappa shape index (κ2) is 4.45. The summed E-state index contributed by atoms with van der Waals surface area (Å²) in [6.07, 6.45) is 0. The number of nitrogens with one attached hydrogen (secondary N) is 1. The Morgan fingerprint density at radius 2 is 2.00 bits per heavy atom. The van der Waals surface area contributed by atoms with Crippen LogP contribution < -0.4 is 5.56 Å². The minimum absolute atomic E-state index is 0.117. The fourth-order valence-corrected chi connectivity index (χ4v) is 1.51. The Morgan fingerprint density at radius 1 is 1.31 bits per heavy atom. The highest BCUT2D eigenvalue weighted by Crippen LogP contribution is 2.16. The van der Waals surface area contributed by atoms with Crippen LogP contribution in [0, 0.1) is 5.82 Å². The summed E-state index contributed by atoms with van der Waals surface area (Å²) < 4.78 is 12.7. The van der Waals surface area contributed by atoms with Crippen LogP contribution in [0.1, 0.15) is 5.56 Å². The fraction of sp³-hybridized carbons (Fsp3) is 0.0909. The van der Waals surface area contributed by atoms with Crippen LogP contribution in [0.2, 0.25) is 0 Å². The summed E-state index contributed by atoms with van der Waals surface area (Å²) in [4.78, 5) is 11.2. The number of rotatable bonds is 2. The van der Waals surface area contributed by atoms with Gasteiger partial charge in [0.05, 0.1) is 11.6 Å². The third-order valence-electron chi connectivity index (χ3n) is 2.16. The fourth-order valence-electron chi connectivity index (χ4n) is 1.31. The first kappa shape index (κ1) is 10.8. The predicted molar refractivity (Wildman–Crippen MR) is 59.8 cm³/mol. The van der Waals surface area contributed by atoms with Gasteiger partial charge < -0.3 is 0 Å². The zero-order valence-corrected chi connectivity index (χ0v) is 8.96. The first-order valence-electron chi connectivity index (χ1n) is 4.61. The molecule has 2 rings (SSSR count). The van der Waals surface area contributed by atoms with Gasteiger partial charge in [-0.25, -0.2) is 9.49 Å². The van der Waals surface area contributed by atoms with Gasteiger partial charge in [-0.3, -0.25) is 4.79 Å². The van der Waals surface area contributed by atoms with Crippen molar-refractivity contribution in [3.05, 3.63) is 52.1 Å². The molecule has 5 heteroatoms. The van der Waals surface area contributed by atoms with Crippen LogP contribution in [0.15, 0.2) is 35.1 Å². The van der Waals surface area contributed by atoms with Gasteiger partial charge >= 0.3 is 0 Å².